The lowest BCUT2D eigenvalue weighted by atomic mass is 10.3. The number of anilines is 2. The van der Waals surface area contributed by atoms with Gasteiger partial charge in [0.2, 0.25) is 0 Å². The van der Waals surface area contributed by atoms with Crippen LogP contribution in [0.25, 0.3) is 16.9 Å². The molecule has 0 spiro atoms. The molecule has 4 rings (SSSR count). The van der Waals surface area contributed by atoms with Crippen LogP contribution in [0, 0.1) is 6.92 Å². The van der Waals surface area contributed by atoms with E-state index in [9.17, 15) is 0 Å². The molecule has 124 valence electrons. The van der Waals surface area contributed by atoms with Crippen molar-refractivity contribution < 1.29 is 4.74 Å². The number of pyridine rings is 1. The molecule has 0 radical (unpaired) electrons. The van der Waals surface area contributed by atoms with Gasteiger partial charge in [0.25, 0.3) is 0 Å². The number of benzene rings is 2. The minimum atomic E-state index is 0.778. The van der Waals surface area contributed by atoms with Gasteiger partial charge in [0.1, 0.15) is 23.2 Å². The Balaban J connectivity index is 1.70. The largest absolute Gasteiger partial charge is 0.497 e. The Bertz CT molecular complexity index is 1020. The van der Waals surface area contributed by atoms with Crippen LogP contribution in [0.3, 0.4) is 0 Å². The number of aromatic nitrogens is 3. The number of ether oxygens (including phenoxy) is 1. The lowest BCUT2D eigenvalue weighted by molar-refractivity contribution is 0.415. The lowest BCUT2D eigenvalue weighted by Gasteiger charge is -2.10. The molecule has 25 heavy (non-hydrogen) atoms. The summed E-state index contributed by atoms with van der Waals surface area (Å²) in [6.45, 7) is 1.99. The summed E-state index contributed by atoms with van der Waals surface area (Å²) in [5.41, 5.74) is 2.97. The van der Waals surface area contributed by atoms with Crippen LogP contribution in [0.1, 0.15) is 5.82 Å². The van der Waals surface area contributed by atoms with Crippen molar-refractivity contribution >= 4 is 22.5 Å². The molecule has 0 bridgehead atoms. The van der Waals surface area contributed by atoms with Gasteiger partial charge in [-0.2, -0.15) is 0 Å². The highest BCUT2D eigenvalue weighted by Gasteiger charge is 2.10. The third-order valence-corrected chi connectivity index (χ3v) is 4.05. The van der Waals surface area contributed by atoms with E-state index in [-0.39, 0.29) is 0 Å². The number of aryl methyl sites for hydroxylation is 1. The van der Waals surface area contributed by atoms with Gasteiger partial charge in [-0.15, -0.1) is 0 Å². The summed E-state index contributed by atoms with van der Waals surface area (Å²) in [7, 11) is 1.66. The van der Waals surface area contributed by atoms with Crippen LogP contribution in [-0.2, 0) is 0 Å². The van der Waals surface area contributed by atoms with Gasteiger partial charge in [0.05, 0.1) is 18.1 Å². The molecule has 2 aromatic carbocycles. The van der Waals surface area contributed by atoms with Crippen molar-refractivity contribution in [2.24, 2.45) is 0 Å². The predicted octanol–water partition coefficient (Wildman–Crippen LogP) is 4.48. The van der Waals surface area contributed by atoms with Gasteiger partial charge in [-0.1, -0.05) is 18.2 Å². The van der Waals surface area contributed by atoms with Crippen LogP contribution >= 0.6 is 0 Å². The number of fused-ring (bicyclic) bond motifs is 1. The van der Waals surface area contributed by atoms with Crippen LogP contribution in [0.4, 0.5) is 11.5 Å². The first-order valence-electron chi connectivity index (χ1n) is 8.07. The highest BCUT2D eigenvalue weighted by molar-refractivity contribution is 5.78. The minimum absolute atomic E-state index is 0.778. The maximum Gasteiger partial charge on any atom is 0.140 e. The summed E-state index contributed by atoms with van der Waals surface area (Å²) >= 11 is 0. The quantitative estimate of drug-likeness (QED) is 0.599. The highest BCUT2D eigenvalue weighted by atomic mass is 16.5. The molecule has 2 heterocycles. The smallest absolute Gasteiger partial charge is 0.140 e. The van der Waals surface area contributed by atoms with Gasteiger partial charge in [-0.3, -0.25) is 4.57 Å². The standard InChI is InChI=1S/C20H18N4O/c1-14-21-17-6-3-4-7-18(17)24(14)20-9-5-8-19(23-20)22-15-10-12-16(25-2)13-11-15/h3-13H,1-2H3,(H,22,23). The monoisotopic (exact) mass is 330 g/mol. The molecular weight excluding hydrogens is 312 g/mol. The van der Waals surface area contributed by atoms with E-state index in [2.05, 4.69) is 20.9 Å². The Kier molecular flexibility index (Phi) is 3.82. The summed E-state index contributed by atoms with van der Waals surface area (Å²) in [6.07, 6.45) is 0. The number of nitrogens with one attached hydrogen (secondary N) is 1. The number of hydrogen-bond acceptors (Lipinski definition) is 4. The first-order chi connectivity index (χ1) is 12.2. The van der Waals surface area contributed by atoms with Crippen molar-refractivity contribution in [3.63, 3.8) is 0 Å². The molecule has 0 atom stereocenters. The van der Waals surface area contributed by atoms with Crippen molar-refractivity contribution in [3.8, 4) is 11.6 Å². The van der Waals surface area contributed by atoms with Gasteiger partial charge in [-0.05, 0) is 55.5 Å². The second-order valence-electron chi connectivity index (χ2n) is 5.72. The molecule has 0 fully saturated rings. The summed E-state index contributed by atoms with van der Waals surface area (Å²) < 4.78 is 7.25. The molecular formula is C20H18N4O. The van der Waals surface area contributed by atoms with E-state index in [1.165, 1.54) is 0 Å². The van der Waals surface area contributed by atoms with Crippen LogP contribution in [0.15, 0.2) is 66.7 Å². The normalized spacial score (nSPS) is 10.8. The first kappa shape index (κ1) is 15.2. The van der Waals surface area contributed by atoms with Gasteiger partial charge in [0.15, 0.2) is 0 Å². The van der Waals surface area contributed by atoms with E-state index in [1.54, 1.807) is 7.11 Å². The predicted molar refractivity (Wildman–Crippen MR) is 99.9 cm³/mol. The molecule has 0 aliphatic heterocycles. The number of rotatable bonds is 4. The summed E-state index contributed by atoms with van der Waals surface area (Å²) in [4.78, 5) is 9.36. The lowest BCUT2D eigenvalue weighted by Crippen LogP contribution is -2.02. The van der Waals surface area contributed by atoms with Crippen LogP contribution < -0.4 is 10.1 Å². The molecule has 0 aliphatic carbocycles. The summed E-state index contributed by atoms with van der Waals surface area (Å²) in [6, 6.07) is 21.8. The maximum absolute atomic E-state index is 5.19. The third-order valence-electron chi connectivity index (χ3n) is 4.05. The Morgan fingerprint density at radius 1 is 0.880 bits per heavy atom. The van der Waals surface area contributed by atoms with Gasteiger partial charge < -0.3 is 10.1 Å². The second kappa shape index (κ2) is 6.28. The Morgan fingerprint density at radius 3 is 2.48 bits per heavy atom. The van der Waals surface area contributed by atoms with Gasteiger partial charge >= 0.3 is 0 Å². The van der Waals surface area contributed by atoms with E-state index in [0.717, 1.165) is 39.9 Å². The van der Waals surface area contributed by atoms with Gasteiger partial charge in [-0.25, -0.2) is 9.97 Å². The van der Waals surface area contributed by atoms with Gasteiger partial charge in [0, 0.05) is 5.69 Å². The molecule has 0 saturated heterocycles. The molecule has 0 aliphatic rings. The third kappa shape index (κ3) is 2.92. The van der Waals surface area contributed by atoms with Crippen molar-refractivity contribution in [1.82, 2.24) is 14.5 Å². The number of nitrogens with zero attached hydrogens (tertiary/aromatic N) is 3. The Hall–Kier alpha value is -3.34. The van der Waals surface area contributed by atoms with Crippen molar-refractivity contribution in [2.45, 2.75) is 6.92 Å². The van der Waals surface area contributed by atoms with Crippen molar-refractivity contribution in [3.05, 3.63) is 72.6 Å². The SMILES string of the molecule is COc1ccc(Nc2cccc(-n3c(C)nc4ccccc43)n2)cc1. The van der Waals surface area contributed by atoms with E-state index in [4.69, 9.17) is 9.72 Å². The van der Waals surface area contributed by atoms with Crippen LogP contribution in [0.2, 0.25) is 0 Å². The van der Waals surface area contributed by atoms with E-state index in [1.807, 2.05) is 67.6 Å². The average Bonchev–Trinajstić information content (AvgIpc) is 2.98. The minimum Gasteiger partial charge on any atom is -0.497 e. The number of methoxy groups -OCH3 is 1. The molecule has 0 unspecified atom stereocenters. The number of para-hydroxylation sites is 2. The molecule has 4 aromatic rings. The molecule has 5 nitrogen and oxygen atoms in total. The average molecular weight is 330 g/mol. The van der Waals surface area contributed by atoms with Crippen LogP contribution in [0.5, 0.6) is 5.75 Å². The molecule has 2 aromatic heterocycles. The fourth-order valence-corrected chi connectivity index (χ4v) is 2.88. The second-order valence-corrected chi connectivity index (χ2v) is 5.72. The Labute approximate surface area is 145 Å². The summed E-state index contributed by atoms with van der Waals surface area (Å²) in [5, 5.41) is 3.32. The maximum atomic E-state index is 5.19. The fraction of sp³-hybridized carbons (Fsp3) is 0.100. The van der Waals surface area contributed by atoms with E-state index >= 15 is 0 Å². The van der Waals surface area contributed by atoms with Crippen molar-refractivity contribution in [2.75, 3.05) is 12.4 Å². The fourth-order valence-electron chi connectivity index (χ4n) is 2.88. The van der Waals surface area contributed by atoms with E-state index in [0.29, 0.717) is 0 Å². The molecule has 0 saturated carbocycles. The molecule has 0 amide bonds. The summed E-state index contributed by atoms with van der Waals surface area (Å²) in [5.74, 6) is 3.35. The number of hydrogen-bond donors (Lipinski definition) is 1. The highest BCUT2D eigenvalue weighted by Crippen LogP contribution is 2.23. The number of imidazole rings is 1. The van der Waals surface area contributed by atoms with Crippen molar-refractivity contribution in [1.29, 1.82) is 0 Å². The zero-order valence-electron chi connectivity index (χ0n) is 14.1. The topological polar surface area (TPSA) is 52.0 Å². The zero-order valence-corrected chi connectivity index (χ0v) is 14.1. The molecule has 5 heteroatoms. The Morgan fingerprint density at radius 2 is 1.68 bits per heavy atom. The van der Waals surface area contributed by atoms with Crippen LogP contribution in [-0.4, -0.2) is 21.6 Å². The first-order valence-corrected chi connectivity index (χ1v) is 8.07. The molecule has 1 N–H and O–H groups in total. The van der Waals surface area contributed by atoms with E-state index < -0.39 is 0 Å². The zero-order chi connectivity index (χ0) is 17.2.